The van der Waals surface area contributed by atoms with Crippen LogP contribution in [0.4, 0.5) is 0 Å². The van der Waals surface area contributed by atoms with Crippen LogP contribution in [0.25, 0.3) is 0 Å². The third-order valence-corrected chi connectivity index (χ3v) is 17.8. The van der Waals surface area contributed by atoms with E-state index in [0.717, 1.165) is 87.3 Å². The molecule has 5 saturated carbocycles. The van der Waals surface area contributed by atoms with Gasteiger partial charge in [0.25, 0.3) is 0 Å². The molecule has 3 N–H and O–H groups in total. The van der Waals surface area contributed by atoms with Crippen LogP contribution < -0.4 is 0 Å². The number of Topliss-reactive ketones (excluding diaryl/α,β-unsaturated/α-hetero) is 2. The largest absolute Gasteiger partial charge is 0.508 e. The highest BCUT2D eigenvalue weighted by Crippen LogP contribution is 2.77. The van der Waals surface area contributed by atoms with Gasteiger partial charge in [-0.2, -0.15) is 0 Å². The number of aliphatic hydroxyl groups is 1. The van der Waals surface area contributed by atoms with Gasteiger partial charge >= 0.3 is 0 Å². The normalized spacial score (nSPS) is 43.3. The van der Waals surface area contributed by atoms with Crippen LogP contribution in [0.1, 0.15) is 142 Å². The van der Waals surface area contributed by atoms with Gasteiger partial charge in [0.15, 0.2) is 5.78 Å². The van der Waals surface area contributed by atoms with Crippen LogP contribution in [0, 0.1) is 45.3 Å². The number of phenols is 2. The molecular weight excluding hydrogens is 673 g/mol. The van der Waals surface area contributed by atoms with E-state index < -0.39 is 22.5 Å². The van der Waals surface area contributed by atoms with E-state index in [0.29, 0.717) is 36.2 Å². The molecule has 6 heteroatoms. The van der Waals surface area contributed by atoms with Crippen molar-refractivity contribution in [3.05, 3.63) is 70.8 Å². The van der Waals surface area contributed by atoms with Crippen LogP contribution in [0.2, 0.25) is 0 Å². The second-order valence-corrected chi connectivity index (χ2v) is 20.6. The van der Waals surface area contributed by atoms with Gasteiger partial charge in [-0.25, -0.2) is 0 Å². The number of aliphatic hydroxyl groups excluding tert-OH is 1. The van der Waals surface area contributed by atoms with Crippen molar-refractivity contribution in [2.75, 3.05) is 0 Å². The maximum Gasteiger partial charge on any atom is 0.160 e. The third-order valence-electron chi connectivity index (χ3n) is 17.8. The topological polar surface area (TPSA) is 107 Å². The molecule has 1 saturated heterocycles. The number of epoxide rings is 1. The van der Waals surface area contributed by atoms with Crippen LogP contribution in [-0.4, -0.2) is 44.7 Å². The van der Waals surface area contributed by atoms with Crippen molar-refractivity contribution >= 4 is 11.6 Å². The molecule has 12 atom stereocenters. The summed E-state index contributed by atoms with van der Waals surface area (Å²) in [6, 6.07) is 15.2. The molecule has 6 fully saturated rings. The Hall–Kier alpha value is -2.96. The minimum absolute atomic E-state index is 0.0610. The van der Waals surface area contributed by atoms with Gasteiger partial charge < -0.3 is 20.1 Å². The Morgan fingerprint density at radius 3 is 2.33 bits per heavy atom. The Bertz CT molecular complexity index is 1930. The minimum Gasteiger partial charge on any atom is -0.508 e. The molecule has 1 aliphatic heterocycles. The highest BCUT2D eigenvalue weighted by molar-refractivity contribution is 6.01. The molecule has 0 amide bonds. The number of aromatic hydroxyl groups is 2. The summed E-state index contributed by atoms with van der Waals surface area (Å²) in [5.74, 6) is 2.27. The van der Waals surface area contributed by atoms with Crippen molar-refractivity contribution in [2.45, 2.75) is 154 Å². The van der Waals surface area contributed by atoms with Gasteiger partial charge in [-0.15, -0.1) is 0 Å². The molecule has 9 rings (SSSR count). The van der Waals surface area contributed by atoms with Crippen LogP contribution >= 0.6 is 0 Å². The first-order chi connectivity index (χ1) is 25.5. The molecule has 7 aliphatic rings. The molecule has 0 aromatic heterocycles. The fourth-order valence-electron chi connectivity index (χ4n) is 15.8. The van der Waals surface area contributed by atoms with E-state index in [1.54, 1.807) is 12.1 Å². The Balaban J connectivity index is 1.03. The summed E-state index contributed by atoms with van der Waals surface area (Å²) in [7, 11) is 0. The summed E-state index contributed by atoms with van der Waals surface area (Å²) in [6.45, 7) is 13.8. The number of ketones is 2. The van der Waals surface area contributed by atoms with Crippen molar-refractivity contribution in [2.24, 2.45) is 45.3 Å². The fraction of sp³-hybridized carbons (Fsp3) is 0.667. The molecule has 5 bridgehead atoms. The molecule has 0 radical (unpaired) electrons. The summed E-state index contributed by atoms with van der Waals surface area (Å²) in [5, 5.41) is 32.8. The van der Waals surface area contributed by atoms with Gasteiger partial charge in [-0.1, -0.05) is 77.3 Å². The second kappa shape index (κ2) is 12.0. The van der Waals surface area contributed by atoms with Gasteiger partial charge in [-0.05, 0) is 153 Å². The van der Waals surface area contributed by atoms with Crippen molar-refractivity contribution in [3.8, 4) is 11.5 Å². The van der Waals surface area contributed by atoms with E-state index in [9.17, 15) is 24.9 Å². The molecule has 6 aliphatic carbocycles. The molecule has 2 aromatic carbocycles. The lowest BCUT2D eigenvalue weighted by Crippen LogP contribution is -2.66. The van der Waals surface area contributed by atoms with Gasteiger partial charge in [0, 0.05) is 17.3 Å². The van der Waals surface area contributed by atoms with Gasteiger partial charge in [0.05, 0.1) is 17.1 Å². The molecule has 12 unspecified atom stereocenters. The average molecular weight is 735 g/mol. The van der Waals surface area contributed by atoms with Crippen LogP contribution in [0.15, 0.2) is 59.7 Å². The molecular formula is C48H62O6. The zero-order chi connectivity index (χ0) is 38.2. The highest BCUT2D eigenvalue weighted by Gasteiger charge is 2.73. The first-order valence-electron chi connectivity index (χ1n) is 21.3. The summed E-state index contributed by atoms with van der Waals surface area (Å²) in [4.78, 5) is 29.6. The molecule has 6 nitrogen and oxygen atoms in total. The predicted molar refractivity (Wildman–Crippen MR) is 209 cm³/mol. The first-order valence-corrected chi connectivity index (χ1v) is 21.3. The van der Waals surface area contributed by atoms with E-state index in [-0.39, 0.29) is 51.6 Å². The lowest BCUT2D eigenvalue weighted by molar-refractivity contribution is -0.191. The second-order valence-electron chi connectivity index (χ2n) is 20.6. The van der Waals surface area contributed by atoms with Crippen LogP contribution in [-0.2, 0) is 19.7 Å². The van der Waals surface area contributed by atoms with E-state index in [2.05, 4.69) is 53.7 Å². The molecule has 54 heavy (non-hydrogen) atoms. The smallest absolute Gasteiger partial charge is 0.160 e. The molecule has 1 spiro atoms. The van der Waals surface area contributed by atoms with Crippen molar-refractivity contribution in [3.63, 3.8) is 0 Å². The van der Waals surface area contributed by atoms with E-state index >= 15 is 0 Å². The Kier molecular flexibility index (Phi) is 8.16. The number of ether oxygens (including phenoxy) is 1. The van der Waals surface area contributed by atoms with Crippen LogP contribution in [0.5, 0.6) is 11.5 Å². The van der Waals surface area contributed by atoms with Crippen LogP contribution in [0.3, 0.4) is 0 Å². The molecule has 290 valence electrons. The number of allylic oxidation sites excluding steroid dienone is 2. The van der Waals surface area contributed by atoms with Gasteiger partial charge in [0.1, 0.15) is 23.4 Å². The van der Waals surface area contributed by atoms with E-state index in [4.69, 9.17) is 4.74 Å². The standard InChI is InChI=1S/C48H62O6/c1-28(23-36(51)41-46(6,54-41)34-16-9-15-33(34)29-11-7-13-31(49)24-29)40-35-17-18-39-44(4)27-47(30-12-8-14-32(50)25-30)20-10-21-48(35,26-37(40)52)45(39,5)22-19-38(44)43(2,3)42(47)53/h7-8,11-14,24-25,28,33-34,36,38-39,41,49-51H,9-10,15-23,26-27H2,1-6H3. The van der Waals surface area contributed by atoms with Crippen molar-refractivity contribution in [1.29, 1.82) is 0 Å². The zero-order valence-corrected chi connectivity index (χ0v) is 33.4. The summed E-state index contributed by atoms with van der Waals surface area (Å²) < 4.78 is 6.47. The number of hydrogen-bond donors (Lipinski definition) is 3. The number of rotatable bonds is 7. The SMILES string of the molecule is CC(CC(O)C1OC1(C)C1CCCC1c1cccc(O)c1)C1=C2CCC3C4(C)CC5(c6cccc(O)c6)CCCC2(CC1=O)C3(C)CCC4C(C)(C)C5=O. The first kappa shape index (κ1) is 36.7. The average Bonchev–Trinajstić information content (AvgIpc) is 3.41. The summed E-state index contributed by atoms with van der Waals surface area (Å²) in [6.07, 6.45) is 10.6. The number of hydrogen-bond acceptors (Lipinski definition) is 6. The Morgan fingerprint density at radius 2 is 1.59 bits per heavy atom. The number of phenolic OH excluding ortho intramolecular Hbond substituents is 2. The number of carbonyl (C=O) groups excluding carboxylic acids is 2. The maximum absolute atomic E-state index is 15.0. The highest BCUT2D eigenvalue weighted by atomic mass is 16.6. The monoisotopic (exact) mass is 734 g/mol. The van der Waals surface area contributed by atoms with Gasteiger partial charge in [0.2, 0.25) is 0 Å². The fourth-order valence-corrected chi connectivity index (χ4v) is 15.8. The number of carbonyl (C=O) groups is 2. The van der Waals surface area contributed by atoms with Gasteiger partial charge in [-0.3, -0.25) is 9.59 Å². The molecule has 1 heterocycles. The lowest BCUT2D eigenvalue weighted by atomic mass is 9.34. The quantitative estimate of drug-likeness (QED) is 0.245. The molecule has 2 aromatic rings. The minimum atomic E-state index is -0.664. The van der Waals surface area contributed by atoms with Crippen molar-refractivity contribution in [1.82, 2.24) is 0 Å². The van der Waals surface area contributed by atoms with E-state index in [1.165, 1.54) is 5.57 Å². The number of fused-ring (bicyclic) bond motifs is 1. The zero-order valence-electron chi connectivity index (χ0n) is 33.4. The van der Waals surface area contributed by atoms with E-state index in [1.807, 2.05) is 24.3 Å². The Morgan fingerprint density at radius 1 is 0.852 bits per heavy atom. The lowest BCUT2D eigenvalue weighted by Gasteiger charge is -2.69. The maximum atomic E-state index is 15.0. The predicted octanol–water partition coefficient (Wildman–Crippen LogP) is 9.74. The summed E-state index contributed by atoms with van der Waals surface area (Å²) in [5.41, 5.74) is 2.52. The number of benzene rings is 2. The Labute approximate surface area is 322 Å². The van der Waals surface area contributed by atoms with Crippen molar-refractivity contribution < 1.29 is 29.6 Å². The summed E-state index contributed by atoms with van der Waals surface area (Å²) >= 11 is 0. The third kappa shape index (κ3) is 4.83.